The Hall–Kier alpha value is -2.50. The predicted octanol–water partition coefficient (Wildman–Crippen LogP) is 3.85. The summed E-state index contributed by atoms with van der Waals surface area (Å²) in [7, 11) is 0. The van der Waals surface area contributed by atoms with Crippen LogP contribution in [0.25, 0.3) is 22.2 Å². The van der Waals surface area contributed by atoms with E-state index in [2.05, 4.69) is 9.97 Å². The molecular weight excluding hydrogens is 281 g/mol. The minimum absolute atomic E-state index is 0.169. The zero-order valence-corrected chi connectivity index (χ0v) is 11.0. The van der Waals surface area contributed by atoms with Crippen molar-refractivity contribution in [2.75, 3.05) is 0 Å². The summed E-state index contributed by atoms with van der Waals surface area (Å²) in [5, 5.41) is 0. The molecule has 3 nitrogen and oxygen atoms in total. The molecule has 0 radical (unpaired) electrons. The zero-order valence-electron chi connectivity index (χ0n) is 11.0. The van der Waals surface area contributed by atoms with Crippen molar-refractivity contribution in [1.82, 2.24) is 9.97 Å². The van der Waals surface area contributed by atoms with E-state index in [1.165, 1.54) is 13.0 Å². The molecule has 0 saturated heterocycles. The molecule has 3 aromatic rings. The second kappa shape index (κ2) is 4.51. The van der Waals surface area contributed by atoms with E-state index in [4.69, 9.17) is 0 Å². The number of aromatic nitrogens is 2. The molecular formula is C15H11F3N2O. The van der Waals surface area contributed by atoms with Gasteiger partial charge in [-0.25, -0.2) is 4.79 Å². The molecule has 0 unspecified atom stereocenters. The van der Waals surface area contributed by atoms with E-state index in [9.17, 15) is 18.0 Å². The van der Waals surface area contributed by atoms with Gasteiger partial charge in [0.2, 0.25) is 0 Å². The molecule has 0 aliphatic rings. The Bertz CT molecular complexity index is 874. The number of nitrogens with one attached hydrogen (secondary N) is 2. The average molecular weight is 292 g/mol. The third kappa shape index (κ3) is 2.33. The van der Waals surface area contributed by atoms with Gasteiger partial charge in [-0.3, -0.25) is 0 Å². The Kier molecular flexibility index (Phi) is 2.90. The zero-order chi connectivity index (χ0) is 15.2. The highest BCUT2D eigenvalue weighted by Crippen LogP contribution is 2.36. The molecule has 1 aromatic heterocycles. The predicted molar refractivity (Wildman–Crippen MR) is 74.1 cm³/mol. The van der Waals surface area contributed by atoms with Crippen LogP contribution in [0.2, 0.25) is 0 Å². The van der Waals surface area contributed by atoms with E-state index in [1.807, 2.05) is 0 Å². The lowest BCUT2D eigenvalue weighted by molar-refractivity contribution is -0.138. The molecule has 0 amide bonds. The van der Waals surface area contributed by atoms with Gasteiger partial charge in [-0.1, -0.05) is 18.2 Å². The summed E-state index contributed by atoms with van der Waals surface area (Å²) >= 11 is 0. The van der Waals surface area contributed by atoms with E-state index in [0.717, 1.165) is 6.07 Å². The quantitative estimate of drug-likeness (QED) is 0.703. The summed E-state index contributed by atoms with van der Waals surface area (Å²) in [6.45, 7) is 1.45. The number of benzene rings is 2. The van der Waals surface area contributed by atoms with Gasteiger partial charge in [0, 0.05) is 0 Å². The van der Waals surface area contributed by atoms with Gasteiger partial charge in [0.05, 0.1) is 16.6 Å². The molecule has 0 saturated carbocycles. The summed E-state index contributed by atoms with van der Waals surface area (Å²) < 4.78 is 38.8. The first kappa shape index (κ1) is 13.5. The van der Waals surface area contributed by atoms with Crippen LogP contribution in [-0.4, -0.2) is 9.97 Å². The van der Waals surface area contributed by atoms with Crippen LogP contribution >= 0.6 is 0 Å². The smallest absolute Gasteiger partial charge is 0.306 e. The van der Waals surface area contributed by atoms with Gasteiger partial charge in [0.25, 0.3) is 0 Å². The number of aromatic amines is 2. The highest BCUT2D eigenvalue weighted by atomic mass is 19.4. The molecule has 0 atom stereocenters. The monoisotopic (exact) mass is 292 g/mol. The van der Waals surface area contributed by atoms with Gasteiger partial charge >= 0.3 is 11.9 Å². The maximum Gasteiger partial charge on any atom is 0.416 e. The van der Waals surface area contributed by atoms with Crippen LogP contribution < -0.4 is 5.69 Å². The van der Waals surface area contributed by atoms with Crippen LogP contribution in [0, 0.1) is 6.92 Å². The molecule has 108 valence electrons. The van der Waals surface area contributed by atoms with Gasteiger partial charge in [0.15, 0.2) is 0 Å². The van der Waals surface area contributed by atoms with E-state index in [-0.39, 0.29) is 11.3 Å². The molecule has 0 aliphatic heterocycles. The molecule has 3 rings (SSSR count). The average Bonchev–Trinajstić information content (AvgIpc) is 2.76. The minimum Gasteiger partial charge on any atom is -0.306 e. The fourth-order valence-corrected chi connectivity index (χ4v) is 2.46. The molecule has 0 fully saturated rings. The van der Waals surface area contributed by atoms with Gasteiger partial charge in [-0.2, -0.15) is 13.2 Å². The number of halogens is 3. The first-order valence-electron chi connectivity index (χ1n) is 6.25. The molecule has 1 heterocycles. The Balaban J connectivity index is 2.20. The van der Waals surface area contributed by atoms with Crippen molar-refractivity contribution < 1.29 is 13.2 Å². The van der Waals surface area contributed by atoms with Crippen LogP contribution in [0.4, 0.5) is 13.2 Å². The van der Waals surface area contributed by atoms with Crippen molar-refractivity contribution >= 4 is 11.0 Å². The van der Waals surface area contributed by atoms with Crippen molar-refractivity contribution in [3.63, 3.8) is 0 Å². The van der Waals surface area contributed by atoms with Crippen molar-refractivity contribution in [3.8, 4) is 11.1 Å². The van der Waals surface area contributed by atoms with E-state index in [0.29, 0.717) is 22.2 Å². The summed E-state index contributed by atoms with van der Waals surface area (Å²) in [6.07, 6.45) is -4.38. The normalized spacial score (nSPS) is 12.0. The van der Waals surface area contributed by atoms with Crippen molar-refractivity contribution in [2.24, 2.45) is 0 Å². The maximum atomic E-state index is 12.9. The Labute approximate surface area is 117 Å². The number of H-pyrrole nitrogens is 2. The third-order valence-corrected chi connectivity index (χ3v) is 3.47. The lowest BCUT2D eigenvalue weighted by Crippen LogP contribution is -2.07. The summed E-state index contributed by atoms with van der Waals surface area (Å²) in [6, 6.07) is 9.10. The lowest BCUT2D eigenvalue weighted by atomic mass is 9.96. The van der Waals surface area contributed by atoms with Gasteiger partial charge < -0.3 is 9.97 Å². The maximum absolute atomic E-state index is 12.9. The molecule has 0 spiro atoms. The third-order valence-electron chi connectivity index (χ3n) is 3.47. The van der Waals surface area contributed by atoms with E-state index < -0.39 is 11.7 Å². The topological polar surface area (TPSA) is 48.6 Å². The summed E-state index contributed by atoms with van der Waals surface area (Å²) in [5.41, 5.74) is 1.48. The number of rotatable bonds is 1. The van der Waals surface area contributed by atoms with Crippen LogP contribution in [-0.2, 0) is 6.18 Å². The largest absolute Gasteiger partial charge is 0.416 e. The molecule has 2 aromatic carbocycles. The van der Waals surface area contributed by atoms with Crippen LogP contribution in [0.5, 0.6) is 0 Å². The van der Waals surface area contributed by atoms with E-state index >= 15 is 0 Å². The van der Waals surface area contributed by atoms with Gasteiger partial charge in [-0.15, -0.1) is 0 Å². The molecule has 0 bridgehead atoms. The fraction of sp³-hybridized carbons (Fsp3) is 0.133. The number of alkyl halides is 3. The second-order valence-electron chi connectivity index (χ2n) is 4.82. The first-order chi connectivity index (χ1) is 9.86. The van der Waals surface area contributed by atoms with Gasteiger partial charge in [0.1, 0.15) is 0 Å². The Morgan fingerprint density at radius 3 is 2.43 bits per heavy atom. The van der Waals surface area contributed by atoms with Crippen molar-refractivity contribution in [3.05, 3.63) is 58.0 Å². The second-order valence-corrected chi connectivity index (χ2v) is 4.82. The number of fused-ring (bicyclic) bond motifs is 1. The van der Waals surface area contributed by atoms with Crippen molar-refractivity contribution in [1.29, 1.82) is 0 Å². The first-order valence-corrected chi connectivity index (χ1v) is 6.25. The molecule has 0 aliphatic carbocycles. The highest BCUT2D eigenvalue weighted by molar-refractivity contribution is 5.82. The summed E-state index contributed by atoms with van der Waals surface area (Å²) in [4.78, 5) is 16.4. The molecule has 6 heteroatoms. The van der Waals surface area contributed by atoms with E-state index in [1.54, 1.807) is 24.3 Å². The van der Waals surface area contributed by atoms with Crippen LogP contribution in [0.15, 0.2) is 41.2 Å². The van der Waals surface area contributed by atoms with Crippen molar-refractivity contribution in [2.45, 2.75) is 13.1 Å². The standard InChI is InChI=1S/C15H11F3N2O/c1-8-10(3-2-4-11(8)15(16,17)18)9-5-6-12-13(7-9)20-14(21)19-12/h2-7H,1H3,(H2,19,20,21). The number of hydrogen-bond acceptors (Lipinski definition) is 1. The number of imidazole rings is 1. The SMILES string of the molecule is Cc1c(-c2ccc3[nH]c(=O)[nH]c3c2)cccc1C(F)(F)F. The molecule has 21 heavy (non-hydrogen) atoms. The molecule has 2 N–H and O–H groups in total. The Morgan fingerprint density at radius 1 is 1.00 bits per heavy atom. The lowest BCUT2D eigenvalue weighted by Gasteiger charge is -2.14. The minimum atomic E-state index is -4.38. The summed E-state index contributed by atoms with van der Waals surface area (Å²) in [5.74, 6) is 0. The van der Waals surface area contributed by atoms with Crippen LogP contribution in [0.3, 0.4) is 0 Å². The fourth-order valence-electron chi connectivity index (χ4n) is 2.46. The van der Waals surface area contributed by atoms with Crippen LogP contribution in [0.1, 0.15) is 11.1 Å². The number of hydrogen-bond donors (Lipinski definition) is 2. The Morgan fingerprint density at radius 2 is 1.71 bits per heavy atom. The van der Waals surface area contributed by atoms with Gasteiger partial charge in [-0.05, 0) is 41.8 Å². The highest BCUT2D eigenvalue weighted by Gasteiger charge is 2.32.